The largest absolute Gasteiger partial charge is 0.476 e. The Bertz CT molecular complexity index is 475. The highest BCUT2D eigenvalue weighted by atomic mass is 32.2. The maximum Gasteiger partial charge on any atom is 0.356 e. The minimum atomic E-state index is -3.12. The molecule has 6 nitrogen and oxygen atoms in total. The van der Waals surface area contributed by atoms with Crippen LogP contribution in [0.15, 0.2) is 12.3 Å². The van der Waals surface area contributed by atoms with E-state index < -0.39 is 21.1 Å². The molecule has 0 amide bonds. The number of hydrogen-bond acceptors (Lipinski definition) is 4. The van der Waals surface area contributed by atoms with Crippen molar-refractivity contribution < 1.29 is 18.3 Å². The molecule has 0 fully saturated rings. The van der Waals surface area contributed by atoms with Gasteiger partial charge in [-0.1, -0.05) is 0 Å². The Hall–Kier alpha value is -1.37. The minimum absolute atomic E-state index is 0.0363. The molecule has 0 aromatic carbocycles. The lowest BCUT2D eigenvalue weighted by Gasteiger charge is -2.07. The molecule has 0 radical (unpaired) electrons. The first kappa shape index (κ1) is 12.7. The summed E-state index contributed by atoms with van der Waals surface area (Å²) in [6.45, 7) is 3.40. The highest BCUT2D eigenvalue weighted by molar-refractivity contribution is 7.91. The van der Waals surface area contributed by atoms with Crippen molar-refractivity contribution in [3.8, 4) is 0 Å². The lowest BCUT2D eigenvalue weighted by atomic mass is 10.5. The Morgan fingerprint density at radius 1 is 1.56 bits per heavy atom. The molecule has 7 heteroatoms. The zero-order valence-electron chi connectivity index (χ0n) is 9.12. The van der Waals surface area contributed by atoms with Gasteiger partial charge < -0.3 is 5.11 Å². The molecule has 0 unspecified atom stereocenters. The molecule has 0 aliphatic heterocycles. The first-order valence-electron chi connectivity index (χ1n) is 4.81. The SMILES string of the molecule is CC(C)S(=O)(=O)CCn1ccc(C(=O)O)n1. The molecule has 0 atom stereocenters. The molecule has 1 aromatic heterocycles. The van der Waals surface area contributed by atoms with Crippen LogP contribution in [0.3, 0.4) is 0 Å². The standard InChI is InChI=1S/C9H14N2O4S/c1-7(2)16(14,15)6-5-11-4-3-8(10-11)9(12)13/h3-4,7H,5-6H2,1-2H3,(H,12,13). The average molecular weight is 246 g/mol. The average Bonchev–Trinajstić information content (AvgIpc) is 2.63. The summed E-state index contributed by atoms with van der Waals surface area (Å²) in [5, 5.41) is 11.9. The van der Waals surface area contributed by atoms with Gasteiger partial charge in [-0.25, -0.2) is 13.2 Å². The molecule has 0 spiro atoms. The van der Waals surface area contributed by atoms with Gasteiger partial charge in [-0.15, -0.1) is 0 Å². The predicted octanol–water partition coefficient (Wildman–Crippen LogP) is 0.404. The number of aromatic carboxylic acids is 1. The van der Waals surface area contributed by atoms with E-state index in [4.69, 9.17) is 5.11 Å². The summed E-state index contributed by atoms with van der Waals surface area (Å²) in [4.78, 5) is 10.5. The Morgan fingerprint density at radius 3 is 2.62 bits per heavy atom. The van der Waals surface area contributed by atoms with Crippen molar-refractivity contribution in [2.45, 2.75) is 25.6 Å². The van der Waals surface area contributed by atoms with E-state index in [1.165, 1.54) is 16.9 Å². The third kappa shape index (κ3) is 3.06. The van der Waals surface area contributed by atoms with Crippen LogP contribution in [0.25, 0.3) is 0 Å². The maximum absolute atomic E-state index is 11.5. The lowest BCUT2D eigenvalue weighted by molar-refractivity contribution is 0.0689. The molecule has 1 heterocycles. The summed E-state index contributed by atoms with van der Waals surface area (Å²) in [5.74, 6) is -1.16. The van der Waals surface area contributed by atoms with Gasteiger partial charge in [-0.2, -0.15) is 5.10 Å². The van der Waals surface area contributed by atoms with E-state index in [1.807, 2.05) is 0 Å². The summed E-state index contributed by atoms with van der Waals surface area (Å²) in [6, 6.07) is 1.34. The zero-order chi connectivity index (χ0) is 12.3. The monoisotopic (exact) mass is 246 g/mol. The van der Waals surface area contributed by atoms with Gasteiger partial charge in [0.2, 0.25) is 0 Å². The molecule has 1 aromatic rings. The first-order chi connectivity index (χ1) is 7.33. The quantitative estimate of drug-likeness (QED) is 0.812. The van der Waals surface area contributed by atoms with Gasteiger partial charge in [0.05, 0.1) is 17.5 Å². The summed E-state index contributed by atoms with van der Waals surface area (Å²) < 4.78 is 24.3. The highest BCUT2D eigenvalue weighted by Gasteiger charge is 2.16. The number of carboxylic acids is 1. The number of aromatic nitrogens is 2. The number of hydrogen-bond donors (Lipinski definition) is 1. The Labute approximate surface area is 93.8 Å². The van der Waals surface area contributed by atoms with Gasteiger partial charge in [0.25, 0.3) is 0 Å². The molecule has 1 N–H and O–H groups in total. The third-order valence-electron chi connectivity index (χ3n) is 2.18. The highest BCUT2D eigenvalue weighted by Crippen LogP contribution is 2.02. The van der Waals surface area contributed by atoms with E-state index in [0.29, 0.717) is 0 Å². The van der Waals surface area contributed by atoms with Crippen molar-refractivity contribution >= 4 is 15.8 Å². The Morgan fingerprint density at radius 2 is 2.19 bits per heavy atom. The number of carbonyl (C=O) groups is 1. The number of sulfone groups is 1. The fourth-order valence-corrected chi connectivity index (χ4v) is 1.97. The number of rotatable bonds is 5. The second-order valence-corrected chi connectivity index (χ2v) is 6.36. The molecular weight excluding hydrogens is 232 g/mol. The van der Waals surface area contributed by atoms with Crippen LogP contribution in [-0.2, 0) is 16.4 Å². The van der Waals surface area contributed by atoms with Gasteiger partial charge in [-0.3, -0.25) is 4.68 Å². The number of aryl methyl sites for hydroxylation is 1. The van der Waals surface area contributed by atoms with Crippen LogP contribution in [0, 0.1) is 0 Å². The Balaban J connectivity index is 2.65. The fourth-order valence-electron chi connectivity index (χ4n) is 1.06. The van der Waals surface area contributed by atoms with Crippen molar-refractivity contribution in [2.75, 3.05) is 5.75 Å². The molecule has 0 saturated carbocycles. The summed E-state index contributed by atoms with van der Waals surface area (Å²) >= 11 is 0. The molecule has 0 bridgehead atoms. The van der Waals surface area contributed by atoms with Crippen LogP contribution in [-0.4, -0.2) is 40.3 Å². The van der Waals surface area contributed by atoms with Crippen molar-refractivity contribution in [3.63, 3.8) is 0 Å². The smallest absolute Gasteiger partial charge is 0.356 e. The molecule has 1 rings (SSSR count). The predicted molar refractivity (Wildman–Crippen MR) is 58.1 cm³/mol. The van der Waals surface area contributed by atoms with Gasteiger partial charge in [0.15, 0.2) is 15.5 Å². The number of carboxylic acid groups (broad SMARTS) is 1. The molecule has 16 heavy (non-hydrogen) atoms. The molecule has 0 aliphatic rings. The van der Waals surface area contributed by atoms with E-state index in [1.54, 1.807) is 13.8 Å². The van der Waals surface area contributed by atoms with Gasteiger partial charge >= 0.3 is 5.97 Å². The lowest BCUT2D eigenvalue weighted by Crippen LogP contribution is -2.21. The molecule has 90 valence electrons. The van der Waals surface area contributed by atoms with Crippen LogP contribution in [0.2, 0.25) is 0 Å². The van der Waals surface area contributed by atoms with Crippen LogP contribution < -0.4 is 0 Å². The minimum Gasteiger partial charge on any atom is -0.476 e. The maximum atomic E-state index is 11.5. The third-order valence-corrected chi connectivity index (χ3v) is 4.37. The Kier molecular flexibility index (Phi) is 3.69. The van der Waals surface area contributed by atoms with E-state index in [-0.39, 0.29) is 18.0 Å². The molecule has 0 aliphatic carbocycles. The van der Waals surface area contributed by atoms with E-state index in [0.717, 1.165) is 0 Å². The first-order valence-corrected chi connectivity index (χ1v) is 6.53. The normalized spacial score (nSPS) is 11.9. The van der Waals surface area contributed by atoms with E-state index in [2.05, 4.69) is 5.10 Å². The number of nitrogens with zero attached hydrogens (tertiary/aromatic N) is 2. The molecular formula is C9H14N2O4S. The van der Waals surface area contributed by atoms with E-state index >= 15 is 0 Å². The van der Waals surface area contributed by atoms with Crippen molar-refractivity contribution in [2.24, 2.45) is 0 Å². The summed E-state index contributed by atoms with van der Waals surface area (Å²) in [7, 11) is -3.12. The van der Waals surface area contributed by atoms with Crippen molar-refractivity contribution in [1.29, 1.82) is 0 Å². The van der Waals surface area contributed by atoms with Crippen LogP contribution in [0.4, 0.5) is 0 Å². The van der Waals surface area contributed by atoms with Gasteiger partial charge in [0, 0.05) is 6.20 Å². The molecule has 0 saturated heterocycles. The second kappa shape index (κ2) is 4.65. The second-order valence-electron chi connectivity index (χ2n) is 3.68. The van der Waals surface area contributed by atoms with Crippen molar-refractivity contribution in [3.05, 3.63) is 18.0 Å². The van der Waals surface area contributed by atoms with Crippen molar-refractivity contribution in [1.82, 2.24) is 9.78 Å². The topological polar surface area (TPSA) is 89.3 Å². The van der Waals surface area contributed by atoms with Gasteiger partial charge in [0.1, 0.15) is 0 Å². The summed E-state index contributed by atoms with van der Waals surface area (Å²) in [5.41, 5.74) is -0.0815. The van der Waals surface area contributed by atoms with Crippen LogP contribution in [0.1, 0.15) is 24.3 Å². The zero-order valence-corrected chi connectivity index (χ0v) is 9.94. The summed E-state index contributed by atoms with van der Waals surface area (Å²) in [6.07, 6.45) is 1.46. The fraction of sp³-hybridized carbons (Fsp3) is 0.556. The van der Waals surface area contributed by atoms with E-state index in [9.17, 15) is 13.2 Å². The van der Waals surface area contributed by atoms with Crippen LogP contribution >= 0.6 is 0 Å². The van der Waals surface area contributed by atoms with Gasteiger partial charge in [-0.05, 0) is 19.9 Å². The van der Waals surface area contributed by atoms with Crippen LogP contribution in [0.5, 0.6) is 0 Å².